The smallest absolute Gasteiger partial charge is 0.258 e. The van der Waals surface area contributed by atoms with Crippen LogP contribution in [0.15, 0.2) is 17.7 Å². The van der Waals surface area contributed by atoms with Gasteiger partial charge < -0.3 is 10.1 Å². The number of carbonyl (C=O) groups excluding carboxylic acids is 1. The molecule has 1 atom stereocenters. The van der Waals surface area contributed by atoms with Crippen molar-refractivity contribution >= 4 is 15.7 Å². The summed E-state index contributed by atoms with van der Waals surface area (Å²) in [6, 6.07) is -0.446. The van der Waals surface area contributed by atoms with E-state index in [2.05, 4.69) is 15.3 Å². The highest BCUT2D eigenvalue weighted by atomic mass is 32.2. The standard InChI is InChI=1S/C19H27N3O4S/c1-13(10-11-27(2,24)25)21-18(23)16-12-20-17(14-6-3-4-7-14)22-19(16)26-15-8-5-9-15/h10-15H,3-9H2,1-2H3,(H,21,23)/b11-10+/t13-/m0/s1. The van der Waals surface area contributed by atoms with E-state index in [0.717, 1.165) is 49.6 Å². The van der Waals surface area contributed by atoms with Crippen molar-refractivity contribution in [2.75, 3.05) is 6.26 Å². The second-order valence-corrected chi connectivity index (χ2v) is 9.45. The van der Waals surface area contributed by atoms with Crippen molar-refractivity contribution in [1.29, 1.82) is 0 Å². The van der Waals surface area contributed by atoms with E-state index < -0.39 is 15.9 Å². The fraction of sp³-hybridized carbons (Fsp3) is 0.632. The molecule has 27 heavy (non-hydrogen) atoms. The zero-order chi connectivity index (χ0) is 19.4. The van der Waals surface area contributed by atoms with Crippen molar-refractivity contribution in [3.63, 3.8) is 0 Å². The molecule has 0 aliphatic heterocycles. The second kappa shape index (κ2) is 8.37. The minimum Gasteiger partial charge on any atom is -0.474 e. The number of hydrogen-bond donors (Lipinski definition) is 1. The van der Waals surface area contributed by atoms with Gasteiger partial charge >= 0.3 is 0 Å². The first kappa shape index (κ1) is 19.8. The molecule has 1 N–H and O–H groups in total. The maximum atomic E-state index is 12.7. The number of rotatable bonds is 7. The molecule has 0 aromatic carbocycles. The normalized spacial score (nSPS) is 19.8. The van der Waals surface area contributed by atoms with Crippen LogP contribution in [-0.2, 0) is 9.84 Å². The van der Waals surface area contributed by atoms with Gasteiger partial charge in [-0.2, -0.15) is 4.98 Å². The minimum absolute atomic E-state index is 0.102. The van der Waals surface area contributed by atoms with Crippen LogP contribution in [-0.4, -0.2) is 42.7 Å². The second-order valence-electron chi connectivity index (χ2n) is 7.52. The Kier molecular flexibility index (Phi) is 6.14. The van der Waals surface area contributed by atoms with Crippen molar-refractivity contribution in [3.05, 3.63) is 29.1 Å². The topological polar surface area (TPSA) is 98.2 Å². The summed E-state index contributed by atoms with van der Waals surface area (Å²) in [7, 11) is -3.24. The van der Waals surface area contributed by atoms with E-state index in [-0.39, 0.29) is 12.0 Å². The van der Waals surface area contributed by atoms with Crippen molar-refractivity contribution in [3.8, 4) is 5.88 Å². The van der Waals surface area contributed by atoms with Crippen LogP contribution in [0.3, 0.4) is 0 Å². The van der Waals surface area contributed by atoms with Gasteiger partial charge in [-0.15, -0.1) is 0 Å². The summed E-state index contributed by atoms with van der Waals surface area (Å²) >= 11 is 0. The fourth-order valence-electron chi connectivity index (χ4n) is 3.25. The number of amides is 1. The lowest BCUT2D eigenvalue weighted by atomic mass is 9.96. The molecule has 0 radical (unpaired) electrons. The summed E-state index contributed by atoms with van der Waals surface area (Å²) in [5, 5.41) is 3.84. The minimum atomic E-state index is -3.24. The molecule has 1 amide bonds. The van der Waals surface area contributed by atoms with Crippen molar-refractivity contribution in [2.45, 2.75) is 69.9 Å². The third kappa shape index (κ3) is 5.51. The van der Waals surface area contributed by atoms with Gasteiger partial charge in [-0.3, -0.25) is 4.79 Å². The molecular formula is C19H27N3O4S. The average Bonchev–Trinajstić information content (AvgIpc) is 3.10. The van der Waals surface area contributed by atoms with Gasteiger partial charge in [0.05, 0.1) is 0 Å². The summed E-state index contributed by atoms with van der Waals surface area (Å²) in [4.78, 5) is 21.7. The highest BCUT2D eigenvalue weighted by Gasteiger charge is 2.27. The molecular weight excluding hydrogens is 366 g/mol. The molecule has 7 nitrogen and oxygen atoms in total. The van der Waals surface area contributed by atoms with Gasteiger partial charge in [-0.05, 0) is 39.0 Å². The summed E-state index contributed by atoms with van der Waals surface area (Å²) in [6.07, 6.45) is 11.8. The van der Waals surface area contributed by atoms with Gasteiger partial charge in [0.2, 0.25) is 5.88 Å². The lowest BCUT2D eigenvalue weighted by molar-refractivity contribution is 0.0911. The lowest BCUT2D eigenvalue weighted by Crippen LogP contribution is -2.33. The molecule has 8 heteroatoms. The average molecular weight is 394 g/mol. The molecule has 1 heterocycles. The van der Waals surface area contributed by atoms with Crippen LogP contribution in [0.4, 0.5) is 0 Å². The Balaban J connectivity index is 1.77. The van der Waals surface area contributed by atoms with Crippen LogP contribution in [0.5, 0.6) is 5.88 Å². The zero-order valence-corrected chi connectivity index (χ0v) is 16.7. The number of ether oxygens (including phenoxy) is 1. The monoisotopic (exact) mass is 393 g/mol. The number of nitrogens with zero attached hydrogens (tertiary/aromatic N) is 2. The number of sulfone groups is 1. The maximum Gasteiger partial charge on any atom is 0.258 e. The summed E-state index contributed by atoms with van der Waals surface area (Å²) in [5.74, 6) is 1.06. The molecule has 2 saturated carbocycles. The lowest BCUT2D eigenvalue weighted by Gasteiger charge is -2.27. The van der Waals surface area contributed by atoms with E-state index in [4.69, 9.17) is 4.74 Å². The van der Waals surface area contributed by atoms with E-state index in [1.54, 1.807) is 6.92 Å². The molecule has 148 valence electrons. The molecule has 0 spiro atoms. The number of hydrogen-bond acceptors (Lipinski definition) is 6. The van der Waals surface area contributed by atoms with E-state index >= 15 is 0 Å². The van der Waals surface area contributed by atoms with E-state index in [9.17, 15) is 13.2 Å². The summed E-state index contributed by atoms with van der Waals surface area (Å²) in [6.45, 7) is 1.71. The van der Waals surface area contributed by atoms with Gasteiger partial charge in [0.15, 0.2) is 9.84 Å². The number of aromatic nitrogens is 2. The van der Waals surface area contributed by atoms with Crippen molar-refractivity contribution in [1.82, 2.24) is 15.3 Å². The van der Waals surface area contributed by atoms with Crippen molar-refractivity contribution in [2.24, 2.45) is 0 Å². The molecule has 0 saturated heterocycles. The van der Waals surface area contributed by atoms with E-state index in [0.29, 0.717) is 17.4 Å². The van der Waals surface area contributed by atoms with Crippen LogP contribution in [0.2, 0.25) is 0 Å². The first-order valence-electron chi connectivity index (χ1n) is 9.54. The third-order valence-electron chi connectivity index (χ3n) is 5.04. The van der Waals surface area contributed by atoms with Crippen LogP contribution in [0.1, 0.15) is 74.0 Å². The molecule has 2 aliphatic rings. The molecule has 1 aromatic rings. The van der Waals surface area contributed by atoms with Crippen LogP contribution in [0.25, 0.3) is 0 Å². The summed E-state index contributed by atoms with van der Waals surface area (Å²) < 4.78 is 28.4. The first-order valence-corrected chi connectivity index (χ1v) is 11.5. The quantitative estimate of drug-likeness (QED) is 0.765. The highest BCUT2D eigenvalue weighted by Crippen LogP contribution is 2.34. The largest absolute Gasteiger partial charge is 0.474 e. The molecule has 0 unspecified atom stereocenters. The Morgan fingerprint density at radius 2 is 1.96 bits per heavy atom. The Morgan fingerprint density at radius 1 is 1.26 bits per heavy atom. The maximum absolute atomic E-state index is 12.7. The van der Waals surface area contributed by atoms with Gasteiger partial charge in [-0.25, -0.2) is 13.4 Å². The molecule has 2 aliphatic carbocycles. The molecule has 1 aromatic heterocycles. The molecule has 3 rings (SSSR count). The Morgan fingerprint density at radius 3 is 2.56 bits per heavy atom. The van der Waals surface area contributed by atoms with Crippen molar-refractivity contribution < 1.29 is 17.9 Å². The van der Waals surface area contributed by atoms with Crippen LogP contribution < -0.4 is 10.1 Å². The Bertz CT molecular complexity index is 812. The Hall–Kier alpha value is -1.96. The Labute approximate surface area is 160 Å². The fourth-order valence-corrected chi connectivity index (χ4v) is 3.77. The predicted molar refractivity (Wildman–Crippen MR) is 102 cm³/mol. The van der Waals surface area contributed by atoms with Gasteiger partial charge in [0.25, 0.3) is 5.91 Å². The van der Waals surface area contributed by atoms with E-state index in [1.165, 1.54) is 25.1 Å². The number of nitrogens with one attached hydrogen (secondary N) is 1. The highest BCUT2D eigenvalue weighted by molar-refractivity contribution is 7.93. The zero-order valence-electron chi connectivity index (χ0n) is 15.8. The van der Waals surface area contributed by atoms with Gasteiger partial charge in [-0.1, -0.05) is 18.9 Å². The summed E-state index contributed by atoms with van der Waals surface area (Å²) in [5.41, 5.74) is 0.295. The third-order valence-corrected chi connectivity index (χ3v) is 5.69. The molecule has 0 bridgehead atoms. The van der Waals surface area contributed by atoms with Crippen LogP contribution in [0, 0.1) is 0 Å². The first-order chi connectivity index (χ1) is 12.8. The predicted octanol–water partition coefficient (Wildman–Crippen LogP) is 2.74. The van der Waals surface area contributed by atoms with Gasteiger partial charge in [0.1, 0.15) is 17.5 Å². The SMILES string of the molecule is C[C@@H](/C=C/S(C)(=O)=O)NC(=O)c1cnc(C2CCCC2)nc1OC1CCC1. The van der Waals surface area contributed by atoms with E-state index in [1.807, 2.05) is 0 Å². The molecule has 2 fully saturated rings. The van der Waals surface area contributed by atoms with Crippen LogP contribution >= 0.6 is 0 Å². The van der Waals surface area contributed by atoms with Gasteiger partial charge in [0, 0.05) is 29.8 Å². The number of carbonyl (C=O) groups is 1.